The molecule has 0 aliphatic rings. The van der Waals surface area contributed by atoms with Gasteiger partial charge in [0.1, 0.15) is 15.9 Å². The SMILES string of the molecule is COc1ccc(N=Nc2ccc(S(=O)(=O)[O-])cc2)cc1. The number of hydrogen-bond donors (Lipinski definition) is 0. The molecule has 0 saturated carbocycles. The molecule has 7 heteroatoms. The van der Waals surface area contributed by atoms with E-state index in [1.807, 2.05) is 0 Å². The Labute approximate surface area is 116 Å². The van der Waals surface area contributed by atoms with E-state index < -0.39 is 10.1 Å². The average molecular weight is 291 g/mol. The van der Waals surface area contributed by atoms with E-state index in [0.29, 0.717) is 17.1 Å². The van der Waals surface area contributed by atoms with Crippen molar-refractivity contribution in [1.29, 1.82) is 0 Å². The Morgan fingerprint density at radius 2 is 1.35 bits per heavy atom. The minimum absolute atomic E-state index is 0.291. The van der Waals surface area contributed by atoms with Crippen LogP contribution >= 0.6 is 0 Å². The van der Waals surface area contributed by atoms with E-state index in [4.69, 9.17) is 4.74 Å². The first-order chi connectivity index (χ1) is 9.49. The van der Waals surface area contributed by atoms with E-state index in [9.17, 15) is 13.0 Å². The Balaban J connectivity index is 2.14. The Kier molecular flexibility index (Phi) is 4.11. The Bertz CT molecular complexity index is 707. The van der Waals surface area contributed by atoms with Gasteiger partial charge in [-0.3, -0.25) is 0 Å². The molecule has 2 aromatic rings. The molecule has 0 aliphatic heterocycles. The molecule has 2 rings (SSSR count). The molecule has 0 heterocycles. The zero-order chi connectivity index (χ0) is 14.6. The molecule has 0 unspecified atom stereocenters. The first-order valence-electron chi connectivity index (χ1n) is 5.61. The highest BCUT2D eigenvalue weighted by Crippen LogP contribution is 2.22. The first kappa shape index (κ1) is 14.2. The van der Waals surface area contributed by atoms with Gasteiger partial charge >= 0.3 is 0 Å². The summed E-state index contributed by atoms with van der Waals surface area (Å²) in [6.45, 7) is 0. The number of benzene rings is 2. The van der Waals surface area contributed by atoms with Crippen LogP contribution in [0.1, 0.15) is 0 Å². The Hall–Kier alpha value is -2.25. The molecule has 0 bridgehead atoms. The van der Waals surface area contributed by atoms with Crippen molar-refractivity contribution in [2.45, 2.75) is 4.90 Å². The highest BCUT2D eigenvalue weighted by atomic mass is 32.2. The van der Waals surface area contributed by atoms with E-state index in [1.165, 1.54) is 24.3 Å². The molecular weight excluding hydrogens is 280 g/mol. The van der Waals surface area contributed by atoms with Crippen LogP contribution in [0.2, 0.25) is 0 Å². The van der Waals surface area contributed by atoms with Crippen molar-refractivity contribution >= 4 is 21.5 Å². The van der Waals surface area contributed by atoms with Crippen molar-refractivity contribution in [3.63, 3.8) is 0 Å². The number of rotatable bonds is 4. The summed E-state index contributed by atoms with van der Waals surface area (Å²) in [4.78, 5) is -0.291. The van der Waals surface area contributed by atoms with Gasteiger partial charge in [-0.05, 0) is 48.5 Å². The Morgan fingerprint density at radius 3 is 1.75 bits per heavy atom. The van der Waals surface area contributed by atoms with Gasteiger partial charge in [-0.25, -0.2) is 8.42 Å². The van der Waals surface area contributed by atoms with E-state index >= 15 is 0 Å². The maximum absolute atomic E-state index is 10.8. The fourth-order valence-corrected chi connectivity index (χ4v) is 1.91. The molecule has 0 saturated heterocycles. The summed E-state index contributed by atoms with van der Waals surface area (Å²) >= 11 is 0. The van der Waals surface area contributed by atoms with Crippen molar-refractivity contribution in [3.8, 4) is 5.75 Å². The average Bonchev–Trinajstić information content (AvgIpc) is 2.45. The van der Waals surface area contributed by atoms with Crippen molar-refractivity contribution in [3.05, 3.63) is 48.5 Å². The quantitative estimate of drug-likeness (QED) is 0.639. The summed E-state index contributed by atoms with van der Waals surface area (Å²) < 4.78 is 37.3. The number of nitrogens with zero attached hydrogens (tertiary/aromatic N) is 2. The third-order valence-electron chi connectivity index (χ3n) is 2.48. The van der Waals surface area contributed by atoms with Crippen LogP contribution in [-0.4, -0.2) is 20.1 Å². The zero-order valence-corrected chi connectivity index (χ0v) is 11.4. The summed E-state index contributed by atoms with van der Waals surface area (Å²) in [5.41, 5.74) is 1.08. The summed E-state index contributed by atoms with van der Waals surface area (Å²) in [6, 6.07) is 12.2. The molecule has 0 spiro atoms. The summed E-state index contributed by atoms with van der Waals surface area (Å²) in [6.07, 6.45) is 0. The van der Waals surface area contributed by atoms with Crippen molar-refractivity contribution in [2.75, 3.05) is 7.11 Å². The third kappa shape index (κ3) is 3.62. The molecule has 0 amide bonds. The number of azo groups is 1. The Morgan fingerprint density at radius 1 is 0.900 bits per heavy atom. The van der Waals surface area contributed by atoms with E-state index in [1.54, 1.807) is 31.4 Å². The second kappa shape index (κ2) is 5.81. The maximum atomic E-state index is 10.8. The van der Waals surface area contributed by atoms with E-state index in [2.05, 4.69) is 10.2 Å². The summed E-state index contributed by atoms with van der Waals surface area (Å²) in [5.74, 6) is 0.717. The van der Waals surface area contributed by atoms with Crippen molar-refractivity contribution in [1.82, 2.24) is 0 Å². The molecule has 0 atom stereocenters. The van der Waals surface area contributed by atoms with Crippen molar-refractivity contribution in [2.24, 2.45) is 10.2 Å². The maximum Gasteiger partial charge on any atom is 0.124 e. The van der Waals surface area contributed by atoms with Gasteiger partial charge in [0.25, 0.3) is 0 Å². The largest absolute Gasteiger partial charge is 0.744 e. The predicted molar refractivity (Wildman–Crippen MR) is 71.6 cm³/mol. The normalized spacial score (nSPS) is 11.7. The first-order valence-corrected chi connectivity index (χ1v) is 7.01. The lowest BCUT2D eigenvalue weighted by Crippen LogP contribution is -1.97. The topological polar surface area (TPSA) is 91.2 Å². The van der Waals surface area contributed by atoms with Gasteiger partial charge in [-0.1, -0.05) is 0 Å². The molecule has 0 radical (unpaired) electrons. The number of hydrogen-bond acceptors (Lipinski definition) is 6. The molecular formula is C13H11N2O4S-. The van der Waals surface area contributed by atoms with Gasteiger partial charge < -0.3 is 9.29 Å². The van der Waals surface area contributed by atoms with Gasteiger partial charge in [0.05, 0.1) is 23.4 Å². The molecule has 6 nitrogen and oxygen atoms in total. The molecule has 0 fully saturated rings. The minimum atomic E-state index is -4.43. The van der Waals surface area contributed by atoms with Gasteiger partial charge in [-0.2, -0.15) is 10.2 Å². The smallest absolute Gasteiger partial charge is 0.124 e. The molecule has 104 valence electrons. The van der Waals surface area contributed by atoms with E-state index in [0.717, 1.165) is 0 Å². The van der Waals surface area contributed by atoms with Gasteiger partial charge in [0.2, 0.25) is 0 Å². The third-order valence-corrected chi connectivity index (χ3v) is 3.33. The minimum Gasteiger partial charge on any atom is -0.744 e. The van der Waals surface area contributed by atoms with Gasteiger partial charge in [-0.15, -0.1) is 0 Å². The van der Waals surface area contributed by atoms with E-state index in [-0.39, 0.29) is 4.90 Å². The van der Waals surface area contributed by atoms with Crippen LogP contribution in [-0.2, 0) is 10.1 Å². The second-order valence-corrected chi connectivity index (χ2v) is 5.23. The molecule has 2 aromatic carbocycles. The molecule has 0 N–H and O–H groups in total. The van der Waals surface area contributed by atoms with Crippen LogP contribution in [0.25, 0.3) is 0 Å². The van der Waals surface area contributed by atoms with Crippen LogP contribution in [0, 0.1) is 0 Å². The number of ether oxygens (including phenoxy) is 1. The fraction of sp³-hybridized carbons (Fsp3) is 0.0769. The monoisotopic (exact) mass is 291 g/mol. The lowest BCUT2D eigenvalue weighted by atomic mass is 10.3. The van der Waals surface area contributed by atoms with Gasteiger partial charge in [0, 0.05) is 0 Å². The van der Waals surface area contributed by atoms with Crippen LogP contribution < -0.4 is 4.74 Å². The standard InChI is InChI=1S/C13H12N2O4S/c1-19-12-6-2-10(3-7-12)14-15-11-4-8-13(9-5-11)20(16,17)18/h2-9H,1H3,(H,16,17,18)/p-1. The highest BCUT2D eigenvalue weighted by molar-refractivity contribution is 7.85. The number of methoxy groups -OCH3 is 1. The lowest BCUT2D eigenvalue weighted by Gasteiger charge is -2.05. The van der Waals surface area contributed by atoms with Gasteiger partial charge in [0.15, 0.2) is 0 Å². The zero-order valence-electron chi connectivity index (χ0n) is 10.6. The predicted octanol–water partition coefficient (Wildman–Crippen LogP) is 3.01. The van der Waals surface area contributed by atoms with Crippen LogP contribution in [0.15, 0.2) is 63.7 Å². The summed E-state index contributed by atoms with van der Waals surface area (Å²) in [7, 11) is -2.86. The summed E-state index contributed by atoms with van der Waals surface area (Å²) in [5, 5.41) is 7.93. The van der Waals surface area contributed by atoms with Crippen LogP contribution in [0.4, 0.5) is 11.4 Å². The highest BCUT2D eigenvalue weighted by Gasteiger charge is 2.00. The van der Waals surface area contributed by atoms with Crippen molar-refractivity contribution < 1.29 is 17.7 Å². The molecule has 20 heavy (non-hydrogen) atoms. The molecule has 0 aliphatic carbocycles. The fourth-order valence-electron chi connectivity index (χ4n) is 1.44. The molecule has 0 aromatic heterocycles. The van der Waals surface area contributed by atoms with Crippen LogP contribution in [0.3, 0.4) is 0 Å². The second-order valence-electron chi connectivity index (χ2n) is 3.85. The lowest BCUT2D eigenvalue weighted by molar-refractivity contribution is 0.415. The van der Waals surface area contributed by atoms with Crippen LogP contribution in [0.5, 0.6) is 5.75 Å².